The molecule has 0 spiro atoms. The molecule has 4 rings (SSSR count). The second-order valence-electron chi connectivity index (χ2n) is 7.13. The summed E-state index contributed by atoms with van der Waals surface area (Å²) in [6, 6.07) is 22.3. The monoisotopic (exact) mass is 415 g/mol. The van der Waals surface area contributed by atoms with Crippen LogP contribution in [0.25, 0.3) is 16.6 Å². The van der Waals surface area contributed by atoms with E-state index in [-0.39, 0.29) is 5.56 Å². The molecule has 5 nitrogen and oxygen atoms in total. The first-order valence-electron chi connectivity index (χ1n) is 9.56. The number of fused-ring (bicyclic) bond motifs is 1. The van der Waals surface area contributed by atoms with Crippen molar-refractivity contribution in [1.82, 2.24) is 9.55 Å². The molecule has 6 heteroatoms. The van der Waals surface area contributed by atoms with E-state index in [9.17, 15) is 9.59 Å². The number of nitrogens with two attached hydrogens (primary N) is 1. The maximum absolute atomic E-state index is 13.4. The predicted octanol–water partition coefficient (Wildman–Crippen LogP) is 4.32. The third-order valence-corrected chi connectivity index (χ3v) is 6.30. The van der Waals surface area contributed by atoms with Crippen molar-refractivity contribution in [2.24, 2.45) is 5.73 Å². The van der Waals surface area contributed by atoms with Crippen LogP contribution in [0.5, 0.6) is 0 Å². The molecule has 0 aliphatic carbocycles. The van der Waals surface area contributed by atoms with Gasteiger partial charge in [0.1, 0.15) is 5.25 Å². The highest BCUT2D eigenvalue weighted by Crippen LogP contribution is 2.35. The van der Waals surface area contributed by atoms with Gasteiger partial charge < -0.3 is 5.73 Å². The molecule has 0 saturated carbocycles. The van der Waals surface area contributed by atoms with Crippen LogP contribution >= 0.6 is 11.8 Å². The number of primary amides is 1. The van der Waals surface area contributed by atoms with Gasteiger partial charge in [0.25, 0.3) is 5.56 Å². The van der Waals surface area contributed by atoms with E-state index in [1.807, 2.05) is 74.5 Å². The Hall–Kier alpha value is -3.38. The summed E-state index contributed by atoms with van der Waals surface area (Å²) >= 11 is 1.19. The zero-order valence-corrected chi connectivity index (χ0v) is 17.5. The maximum atomic E-state index is 13.4. The van der Waals surface area contributed by atoms with E-state index >= 15 is 0 Å². The summed E-state index contributed by atoms with van der Waals surface area (Å²) in [5, 5.41) is 0.280. The van der Waals surface area contributed by atoms with Gasteiger partial charge in [-0.3, -0.25) is 14.2 Å². The third-order valence-electron chi connectivity index (χ3n) is 5.08. The summed E-state index contributed by atoms with van der Waals surface area (Å²) in [5.41, 5.74) is 9.81. The number of para-hydroxylation sites is 1. The molecule has 0 fully saturated rings. The van der Waals surface area contributed by atoms with Crippen molar-refractivity contribution in [1.29, 1.82) is 0 Å². The lowest BCUT2D eigenvalue weighted by Crippen LogP contribution is -2.24. The summed E-state index contributed by atoms with van der Waals surface area (Å²) in [6.45, 7) is 4.02. The summed E-state index contributed by atoms with van der Waals surface area (Å²) < 4.78 is 1.57. The van der Waals surface area contributed by atoms with Crippen molar-refractivity contribution in [2.75, 3.05) is 0 Å². The summed E-state index contributed by atoms with van der Waals surface area (Å²) in [6.07, 6.45) is 0. The van der Waals surface area contributed by atoms with Crippen molar-refractivity contribution in [3.05, 3.63) is 99.8 Å². The number of aryl methyl sites for hydroxylation is 2. The molecule has 0 bridgehead atoms. The van der Waals surface area contributed by atoms with Crippen LogP contribution in [0, 0.1) is 13.8 Å². The molecule has 4 aromatic rings. The van der Waals surface area contributed by atoms with Crippen LogP contribution in [-0.2, 0) is 4.79 Å². The average molecular weight is 416 g/mol. The minimum atomic E-state index is -0.669. The second kappa shape index (κ2) is 8.16. The van der Waals surface area contributed by atoms with Gasteiger partial charge in [-0.2, -0.15) is 0 Å². The van der Waals surface area contributed by atoms with E-state index in [1.54, 1.807) is 16.7 Å². The fourth-order valence-corrected chi connectivity index (χ4v) is 4.37. The normalized spacial score (nSPS) is 12.1. The van der Waals surface area contributed by atoms with E-state index in [0.717, 1.165) is 16.7 Å². The highest BCUT2D eigenvalue weighted by molar-refractivity contribution is 8.00. The number of hydrogen-bond acceptors (Lipinski definition) is 4. The zero-order chi connectivity index (χ0) is 21.3. The molecule has 150 valence electrons. The average Bonchev–Trinajstić information content (AvgIpc) is 2.75. The first-order chi connectivity index (χ1) is 14.5. The molecule has 1 unspecified atom stereocenters. The second-order valence-corrected chi connectivity index (χ2v) is 8.20. The maximum Gasteiger partial charge on any atom is 0.266 e. The SMILES string of the molecule is Cc1ccc(-n2c(SC(C(N)=O)c3ccccc3)nc3ccccc3c2=O)cc1C. The Morgan fingerprint density at radius 2 is 1.67 bits per heavy atom. The molecule has 1 atom stereocenters. The number of amides is 1. The van der Waals surface area contributed by atoms with Gasteiger partial charge in [-0.25, -0.2) is 4.98 Å². The lowest BCUT2D eigenvalue weighted by Gasteiger charge is -2.18. The molecule has 0 aliphatic rings. The van der Waals surface area contributed by atoms with Gasteiger partial charge in [-0.15, -0.1) is 0 Å². The van der Waals surface area contributed by atoms with Gasteiger partial charge in [0.15, 0.2) is 5.16 Å². The van der Waals surface area contributed by atoms with Crippen molar-refractivity contribution in [3.8, 4) is 5.69 Å². The van der Waals surface area contributed by atoms with Gasteiger partial charge in [-0.1, -0.05) is 60.3 Å². The number of rotatable bonds is 5. The Kier molecular flexibility index (Phi) is 5.42. The zero-order valence-electron chi connectivity index (χ0n) is 16.7. The van der Waals surface area contributed by atoms with Crippen LogP contribution in [0.2, 0.25) is 0 Å². The Morgan fingerprint density at radius 1 is 0.967 bits per heavy atom. The van der Waals surface area contributed by atoms with E-state index in [1.165, 1.54) is 11.8 Å². The van der Waals surface area contributed by atoms with Crippen LogP contribution in [0.4, 0.5) is 0 Å². The Labute approximate surface area is 178 Å². The molecule has 3 aromatic carbocycles. The van der Waals surface area contributed by atoms with Gasteiger partial charge in [0.05, 0.1) is 16.6 Å². The number of benzene rings is 3. The Bertz CT molecular complexity index is 1300. The lowest BCUT2D eigenvalue weighted by molar-refractivity contribution is -0.117. The van der Waals surface area contributed by atoms with Gasteiger partial charge >= 0.3 is 0 Å². The van der Waals surface area contributed by atoms with E-state index < -0.39 is 11.2 Å². The minimum Gasteiger partial charge on any atom is -0.368 e. The molecule has 1 heterocycles. The molecular formula is C24H21N3O2S. The molecule has 0 saturated heterocycles. The molecular weight excluding hydrogens is 394 g/mol. The van der Waals surface area contributed by atoms with Crippen LogP contribution in [-0.4, -0.2) is 15.5 Å². The smallest absolute Gasteiger partial charge is 0.266 e. The number of thioether (sulfide) groups is 1. The fourth-order valence-electron chi connectivity index (χ4n) is 3.31. The van der Waals surface area contributed by atoms with Crippen molar-refractivity contribution >= 4 is 28.6 Å². The van der Waals surface area contributed by atoms with Crippen LogP contribution < -0.4 is 11.3 Å². The van der Waals surface area contributed by atoms with Gasteiger partial charge in [-0.05, 0) is 54.8 Å². The van der Waals surface area contributed by atoms with Crippen LogP contribution in [0.1, 0.15) is 21.9 Å². The van der Waals surface area contributed by atoms with E-state index in [0.29, 0.717) is 21.7 Å². The van der Waals surface area contributed by atoms with Crippen LogP contribution in [0.3, 0.4) is 0 Å². The Balaban J connectivity index is 1.94. The van der Waals surface area contributed by atoms with Crippen molar-refractivity contribution in [3.63, 3.8) is 0 Å². The first-order valence-corrected chi connectivity index (χ1v) is 10.4. The highest BCUT2D eigenvalue weighted by atomic mass is 32.2. The van der Waals surface area contributed by atoms with E-state index in [2.05, 4.69) is 0 Å². The molecule has 0 radical (unpaired) electrons. The summed E-state index contributed by atoms with van der Waals surface area (Å²) in [7, 11) is 0. The molecule has 2 N–H and O–H groups in total. The number of aromatic nitrogens is 2. The van der Waals surface area contributed by atoms with Gasteiger partial charge in [0, 0.05) is 0 Å². The topological polar surface area (TPSA) is 78.0 Å². The number of carbonyl (C=O) groups excluding carboxylic acids is 1. The highest BCUT2D eigenvalue weighted by Gasteiger charge is 2.23. The lowest BCUT2D eigenvalue weighted by atomic mass is 10.1. The minimum absolute atomic E-state index is 0.178. The number of hydrogen-bond donors (Lipinski definition) is 1. The predicted molar refractivity (Wildman–Crippen MR) is 121 cm³/mol. The fraction of sp³-hybridized carbons (Fsp3) is 0.125. The quantitative estimate of drug-likeness (QED) is 0.389. The first kappa shape index (κ1) is 19.9. The van der Waals surface area contributed by atoms with Gasteiger partial charge in [0.2, 0.25) is 5.91 Å². The molecule has 1 amide bonds. The third kappa shape index (κ3) is 3.74. The standard InChI is InChI=1S/C24H21N3O2S/c1-15-12-13-18(14-16(15)2)27-23(29)19-10-6-7-11-20(19)26-24(27)30-21(22(25)28)17-8-4-3-5-9-17/h3-14,21H,1-2H3,(H2,25,28). The Morgan fingerprint density at radius 3 is 2.37 bits per heavy atom. The number of carbonyl (C=O) groups is 1. The largest absolute Gasteiger partial charge is 0.368 e. The molecule has 0 aliphatic heterocycles. The summed E-state index contributed by atoms with van der Waals surface area (Å²) in [5.74, 6) is -0.486. The van der Waals surface area contributed by atoms with Crippen LogP contribution in [0.15, 0.2) is 82.7 Å². The van der Waals surface area contributed by atoms with Crippen molar-refractivity contribution < 1.29 is 4.79 Å². The van der Waals surface area contributed by atoms with Crippen molar-refractivity contribution in [2.45, 2.75) is 24.3 Å². The number of nitrogens with zero attached hydrogens (tertiary/aromatic N) is 2. The molecule has 30 heavy (non-hydrogen) atoms. The summed E-state index contributed by atoms with van der Waals surface area (Å²) in [4.78, 5) is 30.4. The van der Waals surface area contributed by atoms with E-state index in [4.69, 9.17) is 10.7 Å². The molecule has 1 aromatic heterocycles.